The molecule has 0 saturated carbocycles. The SMILES string of the molecule is O=C(Nc1cnn(Cc2ccccc2F)c1)c1cccc(OC(F)F)c1. The first-order valence-corrected chi connectivity index (χ1v) is 7.63. The average molecular weight is 361 g/mol. The molecule has 0 fully saturated rings. The minimum absolute atomic E-state index is 0.108. The number of hydrogen-bond acceptors (Lipinski definition) is 3. The van der Waals surface area contributed by atoms with Crippen molar-refractivity contribution in [2.45, 2.75) is 13.2 Å². The van der Waals surface area contributed by atoms with Gasteiger partial charge in [0.05, 0.1) is 18.4 Å². The Morgan fingerprint density at radius 2 is 2.00 bits per heavy atom. The van der Waals surface area contributed by atoms with Crippen molar-refractivity contribution in [3.05, 3.63) is 77.9 Å². The second kappa shape index (κ2) is 7.73. The maximum absolute atomic E-state index is 13.7. The highest BCUT2D eigenvalue weighted by atomic mass is 19.3. The molecule has 3 aromatic rings. The molecule has 2 aromatic carbocycles. The van der Waals surface area contributed by atoms with Crippen LogP contribution in [0.4, 0.5) is 18.9 Å². The Morgan fingerprint density at radius 3 is 2.77 bits per heavy atom. The molecule has 0 aliphatic carbocycles. The van der Waals surface area contributed by atoms with Gasteiger partial charge in [0.1, 0.15) is 11.6 Å². The third-order valence-corrected chi connectivity index (χ3v) is 3.50. The van der Waals surface area contributed by atoms with Crippen LogP contribution in [-0.4, -0.2) is 22.3 Å². The van der Waals surface area contributed by atoms with E-state index in [-0.39, 0.29) is 23.7 Å². The third-order valence-electron chi connectivity index (χ3n) is 3.50. The van der Waals surface area contributed by atoms with E-state index in [1.165, 1.54) is 41.2 Å². The maximum Gasteiger partial charge on any atom is 0.387 e. The molecule has 0 atom stereocenters. The Morgan fingerprint density at radius 1 is 1.19 bits per heavy atom. The highest BCUT2D eigenvalue weighted by Gasteiger charge is 2.11. The number of amides is 1. The molecule has 0 spiro atoms. The first-order valence-electron chi connectivity index (χ1n) is 7.63. The van der Waals surface area contributed by atoms with E-state index in [1.54, 1.807) is 24.4 Å². The van der Waals surface area contributed by atoms with Crippen molar-refractivity contribution in [3.63, 3.8) is 0 Å². The van der Waals surface area contributed by atoms with Gasteiger partial charge >= 0.3 is 6.61 Å². The minimum atomic E-state index is -2.97. The summed E-state index contributed by atoms with van der Waals surface area (Å²) in [7, 11) is 0. The van der Waals surface area contributed by atoms with Crippen LogP contribution in [0.25, 0.3) is 0 Å². The zero-order valence-corrected chi connectivity index (χ0v) is 13.4. The van der Waals surface area contributed by atoms with Crippen LogP contribution in [-0.2, 0) is 6.54 Å². The lowest BCUT2D eigenvalue weighted by Gasteiger charge is -2.07. The van der Waals surface area contributed by atoms with Crippen LogP contribution in [0.2, 0.25) is 0 Å². The van der Waals surface area contributed by atoms with Gasteiger partial charge in [0.2, 0.25) is 0 Å². The number of rotatable bonds is 6. The van der Waals surface area contributed by atoms with E-state index in [0.29, 0.717) is 11.3 Å². The summed E-state index contributed by atoms with van der Waals surface area (Å²) in [6.45, 7) is -2.76. The van der Waals surface area contributed by atoms with Gasteiger partial charge in [-0.3, -0.25) is 9.48 Å². The molecule has 1 aromatic heterocycles. The van der Waals surface area contributed by atoms with E-state index in [1.807, 2.05) is 0 Å². The average Bonchev–Trinajstić information content (AvgIpc) is 3.03. The molecule has 26 heavy (non-hydrogen) atoms. The summed E-state index contributed by atoms with van der Waals surface area (Å²) in [4.78, 5) is 12.2. The Balaban J connectivity index is 1.67. The molecule has 8 heteroatoms. The van der Waals surface area contributed by atoms with Gasteiger partial charge in [0.15, 0.2) is 0 Å². The van der Waals surface area contributed by atoms with E-state index >= 15 is 0 Å². The number of nitrogens with zero attached hydrogens (tertiary/aromatic N) is 2. The lowest BCUT2D eigenvalue weighted by molar-refractivity contribution is -0.0498. The fraction of sp³-hybridized carbons (Fsp3) is 0.111. The van der Waals surface area contributed by atoms with Crippen molar-refractivity contribution >= 4 is 11.6 Å². The van der Waals surface area contributed by atoms with Crippen molar-refractivity contribution in [2.75, 3.05) is 5.32 Å². The fourth-order valence-corrected chi connectivity index (χ4v) is 2.33. The number of aromatic nitrogens is 2. The molecule has 0 radical (unpaired) electrons. The zero-order valence-electron chi connectivity index (χ0n) is 13.4. The summed E-state index contributed by atoms with van der Waals surface area (Å²) in [5.74, 6) is -0.956. The molecule has 0 aliphatic rings. The normalized spacial score (nSPS) is 10.8. The summed E-state index contributed by atoms with van der Waals surface area (Å²) in [5.41, 5.74) is 1.02. The monoisotopic (exact) mass is 361 g/mol. The number of carbonyl (C=O) groups is 1. The standard InChI is InChI=1S/C18H14F3N3O2/c19-16-7-2-1-4-13(16)10-24-11-14(9-22-24)23-17(25)12-5-3-6-15(8-12)26-18(20)21/h1-9,11,18H,10H2,(H,23,25). The Hall–Kier alpha value is -3.29. The summed E-state index contributed by atoms with van der Waals surface area (Å²) < 4.78 is 43.9. The van der Waals surface area contributed by atoms with Crippen molar-refractivity contribution in [2.24, 2.45) is 0 Å². The van der Waals surface area contributed by atoms with E-state index < -0.39 is 12.5 Å². The fourth-order valence-electron chi connectivity index (χ4n) is 2.33. The van der Waals surface area contributed by atoms with Crippen LogP contribution in [0, 0.1) is 5.82 Å². The van der Waals surface area contributed by atoms with Gasteiger partial charge in [0, 0.05) is 17.3 Å². The highest BCUT2D eigenvalue weighted by molar-refractivity contribution is 6.04. The predicted molar refractivity (Wildman–Crippen MR) is 88.8 cm³/mol. The number of benzene rings is 2. The molecule has 1 heterocycles. The second-order valence-electron chi connectivity index (χ2n) is 5.38. The Labute approximate surface area is 147 Å². The summed E-state index contributed by atoms with van der Waals surface area (Å²) >= 11 is 0. The summed E-state index contributed by atoms with van der Waals surface area (Å²) in [5, 5.41) is 6.67. The van der Waals surface area contributed by atoms with Crippen LogP contribution in [0.3, 0.4) is 0 Å². The van der Waals surface area contributed by atoms with Gasteiger partial charge in [-0.05, 0) is 24.3 Å². The van der Waals surface area contributed by atoms with Crippen molar-refractivity contribution < 1.29 is 22.7 Å². The Bertz CT molecular complexity index is 912. The van der Waals surface area contributed by atoms with E-state index in [2.05, 4.69) is 15.2 Å². The van der Waals surface area contributed by atoms with Crippen LogP contribution < -0.4 is 10.1 Å². The largest absolute Gasteiger partial charge is 0.435 e. The van der Waals surface area contributed by atoms with Gasteiger partial charge in [-0.25, -0.2) is 4.39 Å². The third kappa shape index (κ3) is 4.41. The Kier molecular flexibility index (Phi) is 5.21. The number of nitrogens with one attached hydrogen (secondary N) is 1. The molecule has 0 bridgehead atoms. The number of carbonyl (C=O) groups excluding carboxylic acids is 1. The second-order valence-corrected chi connectivity index (χ2v) is 5.38. The zero-order chi connectivity index (χ0) is 18.5. The number of ether oxygens (including phenoxy) is 1. The van der Waals surface area contributed by atoms with Crippen molar-refractivity contribution in [1.82, 2.24) is 9.78 Å². The number of anilines is 1. The molecular formula is C18H14F3N3O2. The van der Waals surface area contributed by atoms with Gasteiger partial charge < -0.3 is 10.1 Å². The predicted octanol–water partition coefficient (Wildman–Crippen LogP) is 3.92. The van der Waals surface area contributed by atoms with Gasteiger partial charge in [-0.15, -0.1) is 0 Å². The molecule has 1 N–H and O–H groups in total. The van der Waals surface area contributed by atoms with Crippen LogP contribution in [0.15, 0.2) is 60.9 Å². The molecule has 0 unspecified atom stereocenters. The van der Waals surface area contributed by atoms with Gasteiger partial charge in [-0.1, -0.05) is 24.3 Å². The maximum atomic E-state index is 13.7. The lowest BCUT2D eigenvalue weighted by atomic mass is 10.2. The van der Waals surface area contributed by atoms with Gasteiger partial charge in [-0.2, -0.15) is 13.9 Å². The lowest BCUT2D eigenvalue weighted by Crippen LogP contribution is -2.12. The first kappa shape index (κ1) is 17.5. The molecule has 0 saturated heterocycles. The topological polar surface area (TPSA) is 56.2 Å². The first-order chi connectivity index (χ1) is 12.5. The van der Waals surface area contributed by atoms with E-state index in [4.69, 9.17) is 0 Å². The van der Waals surface area contributed by atoms with Crippen LogP contribution in [0.1, 0.15) is 15.9 Å². The van der Waals surface area contributed by atoms with E-state index in [9.17, 15) is 18.0 Å². The summed E-state index contributed by atoms with van der Waals surface area (Å²) in [6, 6.07) is 11.8. The smallest absolute Gasteiger partial charge is 0.387 e. The minimum Gasteiger partial charge on any atom is -0.435 e. The molecule has 134 valence electrons. The summed E-state index contributed by atoms with van der Waals surface area (Å²) in [6.07, 6.45) is 2.96. The molecule has 3 rings (SSSR count). The van der Waals surface area contributed by atoms with Crippen LogP contribution in [0.5, 0.6) is 5.75 Å². The van der Waals surface area contributed by atoms with Crippen molar-refractivity contribution in [1.29, 1.82) is 0 Å². The molecular weight excluding hydrogens is 347 g/mol. The molecule has 5 nitrogen and oxygen atoms in total. The number of hydrogen-bond donors (Lipinski definition) is 1. The van der Waals surface area contributed by atoms with E-state index in [0.717, 1.165) is 0 Å². The number of alkyl halides is 2. The molecule has 1 amide bonds. The highest BCUT2D eigenvalue weighted by Crippen LogP contribution is 2.17. The quantitative estimate of drug-likeness (QED) is 0.724. The van der Waals surface area contributed by atoms with Gasteiger partial charge in [0.25, 0.3) is 5.91 Å². The van der Waals surface area contributed by atoms with Crippen LogP contribution >= 0.6 is 0 Å². The number of halogens is 3. The van der Waals surface area contributed by atoms with Crippen molar-refractivity contribution in [3.8, 4) is 5.75 Å². The molecule has 0 aliphatic heterocycles.